The molecule has 0 aliphatic rings. The Morgan fingerprint density at radius 2 is 1.29 bits per heavy atom. The summed E-state index contributed by atoms with van der Waals surface area (Å²) in [6, 6.07) is 0. The van der Waals surface area contributed by atoms with Crippen molar-refractivity contribution in [2.24, 2.45) is 0 Å². The largest absolute Gasteiger partial charge is 1.00 e. The molecule has 0 spiro atoms. The van der Waals surface area contributed by atoms with Gasteiger partial charge in [-0.25, -0.2) is 8.42 Å². The predicted molar refractivity (Wildman–Crippen MR) is 81.6 cm³/mol. The Morgan fingerprint density at radius 3 is 1.71 bits per heavy atom. The van der Waals surface area contributed by atoms with Crippen LogP contribution in [0.5, 0.6) is 0 Å². The van der Waals surface area contributed by atoms with Gasteiger partial charge in [0.2, 0.25) is 0 Å². The van der Waals surface area contributed by atoms with E-state index in [1.165, 1.54) is 6.42 Å². The van der Waals surface area contributed by atoms with Gasteiger partial charge in [-0.3, -0.25) is 0 Å². The van der Waals surface area contributed by atoms with E-state index in [-0.39, 0.29) is 58.0 Å². The van der Waals surface area contributed by atoms with Crippen LogP contribution < -0.4 is 51.4 Å². The number of unbranched alkanes of at least 4 members (excludes halogenated alkanes) is 8. The van der Waals surface area contributed by atoms with Gasteiger partial charge in [-0.05, 0) is 19.3 Å². The molecule has 1 unspecified atom stereocenters. The molecule has 0 aromatic heterocycles. The Balaban J connectivity index is 0. The van der Waals surface area contributed by atoms with Crippen LogP contribution in [0.3, 0.4) is 0 Å². The predicted octanol–water partition coefficient (Wildman–Crippen LogP) is 0.598. The zero-order valence-electron chi connectivity index (χ0n) is 13.8. The van der Waals surface area contributed by atoms with Crippen LogP contribution in [0.15, 0.2) is 0 Å². The Labute approximate surface area is 173 Å². The molecule has 0 bridgehead atoms. The summed E-state index contributed by atoms with van der Waals surface area (Å²) in [5.41, 5.74) is 0. The molecule has 1 atom stereocenters. The first-order valence-corrected chi connectivity index (χ1v) is 9.55. The second-order valence-electron chi connectivity index (χ2n) is 5.60. The Morgan fingerprint density at radius 1 is 0.857 bits per heavy atom. The zero-order chi connectivity index (χ0) is 15.3. The molecule has 0 rings (SSSR count). The quantitative estimate of drug-likeness (QED) is 0.284. The molecule has 0 aliphatic carbocycles. The second kappa shape index (κ2) is 16.4. The summed E-state index contributed by atoms with van der Waals surface area (Å²) in [5.74, 6) is 0. The number of hydrogen-bond donors (Lipinski definition) is 1. The van der Waals surface area contributed by atoms with Crippen molar-refractivity contribution in [2.75, 3.05) is 6.61 Å². The van der Waals surface area contributed by atoms with Crippen molar-refractivity contribution in [3.05, 3.63) is 0 Å². The van der Waals surface area contributed by atoms with Crippen molar-refractivity contribution in [3.63, 3.8) is 0 Å². The summed E-state index contributed by atoms with van der Waals surface area (Å²) in [5, 5.41) is 7.96. The van der Waals surface area contributed by atoms with Crippen LogP contribution >= 0.6 is 0 Å². The van der Waals surface area contributed by atoms with Gasteiger partial charge in [0.25, 0.3) is 0 Å². The molecule has 0 aliphatic heterocycles. The van der Waals surface area contributed by atoms with E-state index in [9.17, 15) is 13.0 Å². The molecular formula is C15H31KO4S. The maximum Gasteiger partial charge on any atom is 1.00 e. The van der Waals surface area contributed by atoms with Gasteiger partial charge in [0.05, 0.1) is 10.1 Å². The molecule has 4 nitrogen and oxygen atoms in total. The minimum absolute atomic E-state index is 0. The molecule has 122 valence electrons. The molecular weight excluding hydrogens is 315 g/mol. The summed E-state index contributed by atoms with van der Waals surface area (Å²) < 4.78 is 33.7. The van der Waals surface area contributed by atoms with Crippen LogP contribution in [0.4, 0.5) is 0 Å². The van der Waals surface area contributed by atoms with Crippen LogP contribution in [0, 0.1) is 0 Å². The van der Waals surface area contributed by atoms with Gasteiger partial charge in [-0.2, -0.15) is 0 Å². The fourth-order valence-corrected chi connectivity index (χ4v) is 3.33. The summed E-state index contributed by atoms with van der Waals surface area (Å²) in [4.78, 5) is 0. The first-order chi connectivity index (χ1) is 9.52. The molecule has 0 radical (unpaired) electrons. The van der Waals surface area contributed by atoms with Crippen molar-refractivity contribution in [3.8, 4) is 0 Å². The smallest absolute Gasteiger partial charge is 0.748 e. The van der Waals surface area contributed by atoms with E-state index in [2.05, 4.69) is 6.92 Å². The fraction of sp³-hybridized carbons (Fsp3) is 1.00. The molecule has 0 aromatic carbocycles. The molecule has 0 amide bonds. The molecule has 0 heterocycles. The molecule has 6 heteroatoms. The summed E-state index contributed by atoms with van der Waals surface area (Å²) in [6.07, 6.45) is 10.9. The van der Waals surface area contributed by atoms with Gasteiger partial charge in [-0.15, -0.1) is 0 Å². The fourth-order valence-electron chi connectivity index (χ4n) is 2.42. The molecule has 0 fully saturated rings. The van der Waals surface area contributed by atoms with E-state index in [1.807, 2.05) is 0 Å². The van der Waals surface area contributed by atoms with Gasteiger partial charge in [0.15, 0.2) is 0 Å². The van der Waals surface area contributed by atoms with Gasteiger partial charge in [0.1, 0.15) is 0 Å². The number of aliphatic hydroxyl groups excluding tert-OH is 1. The van der Waals surface area contributed by atoms with Crippen LogP contribution in [-0.2, 0) is 10.1 Å². The third-order valence-electron chi connectivity index (χ3n) is 3.72. The maximum absolute atomic E-state index is 11.2. The van der Waals surface area contributed by atoms with E-state index >= 15 is 0 Å². The van der Waals surface area contributed by atoms with E-state index in [0.29, 0.717) is 12.8 Å². The average Bonchev–Trinajstić information content (AvgIpc) is 2.38. The van der Waals surface area contributed by atoms with Crippen molar-refractivity contribution in [1.82, 2.24) is 0 Å². The average molecular weight is 347 g/mol. The minimum atomic E-state index is -4.15. The summed E-state index contributed by atoms with van der Waals surface area (Å²) >= 11 is 0. The third-order valence-corrected chi connectivity index (χ3v) is 5.01. The Hall–Kier alpha value is 1.51. The zero-order valence-corrected chi connectivity index (χ0v) is 17.8. The van der Waals surface area contributed by atoms with Gasteiger partial charge in [-0.1, -0.05) is 64.7 Å². The van der Waals surface area contributed by atoms with Crippen molar-refractivity contribution < 1.29 is 69.5 Å². The van der Waals surface area contributed by atoms with Gasteiger partial charge in [0, 0.05) is 11.9 Å². The van der Waals surface area contributed by atoms with Crippen LogP contribution in [-0.4, -0.2) is 29.9 Å². The molecule has 21 heavy (non-hydrogen) atoms. The third kappa shape index (κ3) is 16.2. The summed E-state index contributed by atoms with van der Waals surface area (Å²) in [7, 11) is -4.15. The van der Waals surface area contributed by atoms with Crippen molar-refractivity contribution >= 4 is 10.1 Å². The summed E-state index contributed by atoms with van der Waals surface area (Å²) in [6.45, 7) is 2.36. The Kier molecular flexibility index (Phi) is 19.3. The van der Waals surface area contributed by atoms with Crippen molar-refractivity contribution in [1.29, 1.82) is 0 Å². The second-order valence-corrected chi connectivity index (χ2v) is 7.25. The first-order valence-electron chi connectivity index (χ1n) is 8.08. The molecule has 0 saturated heterocycles. The minimum Gasteiger partial charge on any atom is -0.748 e. The normalized spacial score (nSPS) is 12.9. The SMILES string of the molecule is CCCCCCCC(CCCCCCCO)S(=O)(=O)[O-].[K+]. The van der Waals surface area contributed by atoms with Gasteiger partial charge >= 0.3 is 51.4 Å². The maximum atomic E-state index is 11.2. The van der Waals surface area contributed by atoms with Crippen molar-refractivity contribution in [2.45, 2.75) is 89.2 Å². The molecule has 0 aromatic rings. The molecule has 1 N–H and O–H groups in total. The molecule has 0 saturated carbocycles. The van der Waals surface area contributed by atoms with E-state index < -0.39 is 15.4 Å². The van der Waals surface area contributed by atoms with Crippen LogP contribution in [0.2, 0.25) is 0 Å². The number of aliphatic hydroxyl groups is 1. The van der Waals surface area contributed by atoms with E-state index in [1.54, 1.807) is 0 Å². The van der Waals surface area contributed by atoms with Crippen LogP contribution in [0.1, 0.15) is 84.0 Å². The monoisotopic (exact) mass is 346 g/mol. The number of hydrogen-bond acceptors (Lipinski definition) is 4. The Bertz CT molecular complexity index is 307. The van der Waals surface area contributed by atoms with E-state index in [0.717, 1.165) is 57.8 Å². The van der Waals surface area contributed by atoms with E-state index in [4.69, 9.17) is 5.11 Å². The first kappa shape index (κ1) is 24.8. The number of rotatable bonds is 14. The van der Waals surface area contributed by atoms with Crippen LogP contribution in [0.25, 0.3) is 0 Å². The standard InChI is InChI=1S/C15H32O4S.K/c1-2-3-4-6-9-12-15(20(17,18)19)13-10-7-5-8-11-14-16;/h15-16H,2-14H2,1H3,(H,17,18,19);/q;+1/p-1. The topological polar surface area (TPSA) is 77.4 Å². The van der Waals surface area contributed by atoms with Gasteiger partial charge < -0.3 is 9.66 Å².